The average molecular weight is 218 g/mol. The predicted molar refractivity (Wildman–Crippen MR) is 64.3 cm³/mol. The van der Waals surface area contributed by atoms with Gasteiger partial charge in [-0.15, -0.1) is 0 Å². The zero-order valence-electron chi connectivity index (χ0n) is 9.65. The molecule has 1 heterocycles. The Morgan fingerprint density at radius 2 is 2.19 bits per heavy atom. The summed E-state index contributed by atoms with van der Waals surface area (Å²) in [5.74, 6) is 0.130. The molecule has 2 rings (SSSR count). The van der Waals surface area contributed by atoms with E-state index in [0.29, 0.717) is 6.54 Å². The summed E-state index contributed by atoms with van der Waals surface area (Å²) in [7, 11) is 0. The first-order chi connectivity index (χ1) is 7.68. The van der Waals surface area contributed by atoms with Crippen molar-refractivity contribution in [1.82, 2.24) is 4.90 Å². The van der Waals surface area contributed by atoms with Crippen molar-refractivity contribution in [2.24, 2.45) is 5.73 Å². The molecule has 1 amide bonds. The topological polar surface area (TPSA) is 46.3 Å². The average Bonchev–Trinajstić information content (AvgIpc) is 2.40. The van der Waals surface area contributed by atoms with E-state index in [1.54, 1.807) is 0 Å². The van der Waals surface area contributed by atoms with Gasteiger partial charge in [0.2, 0.25) is 0 Å². The van der Waals surface area contributed by atoms with Gasteiger partial charge in [-0.2, -0.15) is 0 Å². The molecule has 0 saturated heterocycles. The standard InChI is InChI=1S/C13H18N2O/c1-10(14)9-15-8-4-6-11-5-2-3-7-12(11)13(15)16/h2-3,5,7,10H,4,6,8-9,14H2,1H3/t10-/m0/s1. The molecular formula is C13H18N2O. The normalized spacial score (nSPS) is 17.9. The van der Waals surface area contributed by atoms with Crippen LogP contribution in [0.5, 0.6) is 0 Å². The first-order valence-electron chi connectivity index (χ1n) is 5.81. The number of nitrogens with two attached hydrogens (primary N) is 1. The van der Waals surface area contributed by atoms with Crippen LogP contribution >= 0.6 is 0 Å². The summed E-state index contributed by atoms with van der Waals surface area (Å²) in [6, 6.07) is 7.91. The highest BCUT2D eigenvalue weighted by atomic mass is 16.2. The summed E-state index contributed by atoms with van der Waals surface area (Å²) in [6.45, 7) is 3.40. The molecule has 1 aromatic carbocycles. The highest BCUT2D eigenvalue weighted by Gasteiger charge is 2.22. The van der Waals surface area contributed by atoms with Gasteiger partial charge in [-0.1, -0.05) is 18.2 Å². The van der Waals surface area contributed by atoms with Crippen LogP contribution in [0.1, 0.15) is 29.3 Å². The fourth-order valence-electron chi connectivity index (χ4n) is 2.20. The molecule has 0 aromatic heterocycles. The maximum atomic E-state index is 12.2. The fourth-order valence-corrected chi connectivity index (χ4v) is 2.20. The van der Waals surface area contributed by atoms with Gasteiger partial charge < -0.3 is 10.6 Å². The van der Waals surface area contributed by atoms with Crippen molar-refractivity contribution in [2.75, 3.05) is 13.1 Å². The van der Waals surface area contributed by atoms with E-state index in [1.807, 2.05) is 36.1 Å². The summed E-state index contributed by atoms with van der Waals surface area (Å²) >= 11 is 0. The fraction of sp³-hybridized carbons (Fsp3) is 0.462. The van der Waals surface area contributed by atoms with Crippen molar-refractivity contribution in [3.8, 4) is 0 Å². The second-order valence-electron chi connectivity index (χ2n) is 4.49. The van der Waals surface area contributed by atoms with Gasteiger partial charge in [-0.05, 0) is 31.4 Å². The Hall–Kier alpha value is -1.35. The largest absolute Gasteiger partial charge is 0.337 e. The van der Waals surface area contributed by atoms with Gasteiger partial charge >= 0.3 is 0 Å². The van der Waals surface area contributed by atoms with Crippen LogP contribution in [0.25, 0.3) is 0 Å². The minimum atomic E-state index is 0.0363. The molecule has 1 aliphatic heterocycles. The van der Waals surface area contributed by atoms with E-state index < -0.39 is 0 Å². The maximum Gasteiger partial charge on any atom is 0.254 e. The second kappa shape index (κ2) is 4.66. The molecule has 0 fully saturated rings. The van der Waals surface area contributed by atoms with Crippen LogP contribution in [0.15, 0.2) is 24.3 Å². The summed E-state index contributed by atoms with van der Waals surface area (Å²) in [4.78, 5) is 14.1. The van der Waals surface area contributed by atoms with Gasteiger partial charge in [0, 0.05) is 24.7 Å². The third-order valence-electron chi connectivity index (χ3n) is 2.92. The van der Waals surface area contributed by atoms with E-state index in [4.69, 9.17) is 5.73 Å². The molecular weight excluding hydrogens is 200 g/mol. The van der Waals surface area contributed by atoms with Crippen LogP contribution in [0, 0.1) is 0 Å². The Labute approximate surface area is 96.2 Å². The first-order valence-corrected chi connectivity index (χ1v) is 5.81. The zero-order valence-corrected chi connectivity index (χ0v) is 9.65. The number of carbonyl (C=O) groups excluding carboxylic acids is 1. The predicted octanol–water partition coefficient (Wildman–Crippen LogP) is 1.42. The lowest BCUT2D eigenvalue weighted by atomic mass is 10.0. The molecule has 2 N–H and O–H groups in total. The number of amides is 1. The van der Waals surface area contributed by atoms with Crippen molar-refractivity contribution >= 4 is 5.91 Å². The molecule has 0 aliphatic carbocycles. The number of fused-ring (bicyclic) bond motifs is 1. The summed E-state index contributed by atoms with van der Waals surface area (Å²) in [6.07, 6.45) is 2.01. The van der Waals surface area contributed by atoms with Crippen molar-refractivity contribution < 1.29 is 4.79 Å². The van der Waals surface area contributed by atoms with Crippen LogP contribution in [-0.2, 0) is 6.42 Å². The van der Waals surface area contributed by atoms with Gasteiger partial charge in [0.25, 0.3) is 5.91 Å². The molecule has 3 heteroatoms. The molecule has 0 radical (unpaired) electrons. The van der Waals surface area contributed by atoms with Crippen LogP contribution in [0.4, 0.5) is 0 Å². The maximum absolute atomic E-state index is 12.2. The lowest BCUT2D eigenvalue weighted by molar-refractivity contribution is 0.0753. The number of hydrogen-bond acceptors (Lipinski definition) is 2. The Kier molecular flexibility index (Phi) is 3.25. The molecule has 1 aliphatic rings. The van der Waals surface area contributed by atoms with Crippen LogP contribution in [-0.4, -0.2) is 29.9 Å². The number of nitrogens with zero attached hydrogens (tertiary/aromatic N) is 1. The van der Waals surface area contributed by atoms with Crippen LogP contribution in [0.3, 0.4) is 0 Å². The Morgan fingerprint density at radius 1 is 1.44 bits per heavy atom. The number of carbonyl (C=O) groups is 1. The van der Waals surface area contributed by atoms with E-state index in [2.05, 4.69) is 0 Å². The van der Waals surface area contributed by atoms with E-state index in [9.17, 15) is 4.79 Å². The number of rotatable bonds is 2. The monoisotopic (exact) mass is 218 g/mol. The lowest BCUT2D eigenvalue weighted by Crippen LogP contribution is -2.39. The van der Waals surface area contributed by atoms with E-state index in [0.717, 1.165) is 24.9 Å². The molecule has 16 heavy (non-hydrogen) atoms. The lowest BCUT2D eigenvalue weighted by Gasteiger charge is -2.22. The number of aryl methyl sites for hydroxylation is 1. The summed E-state index contributed by atoms with van der Waals surface area (Å²) < 4.78 is 0. The molecule has 0 unspecified atom stereocenters. The zero-order chi connectivity index (χ0) is 11.5. The summed E-state index contributed by atoms with van der Waals surface area (Å²) in [5, 5.41) is 0. The van der Waals surface area contributed by atoms with Crippen molar-refractivity contribution in [2.45, 2.75) is 25.8 Å². The van der Waals surface area contributed by atoms with E-state index in [-0.39, 0.29) is 11.9 Å². The Morgan fingerprint density at radius 3 is 2.94 bits per heavy atom. The van der Waals surface area contributed by atoms with Gasteiger partial charge in [0.05, 0.1) is 0 Å². The number of benzene rings is 1. The van der Waals surface area contributed by atoms with Crippen LogP contribution in [0.2, 0.25) is 0 Å². The van der Waals surface area contributed by atoms with Crippen molar-refractivity contribution in [1.29, 1.82) is 0 Å². The van der Waals surface area contributed by atoms with E-state index in [1.165, 1.54) is 5.56 Å². The van der Waals surface area contributed by atoms with E-state index >= 15 is 0 Å². The Bertz CT molecular complexity index is 387. The molecule has 1 atom stereocenters. The minimum Gasteiger partial charge on any atom is -0.337 e. The number of hydrogen-bond donors (Lipinski definition) is 1. The molecule has 0 saturated carbocycles. The molecule has 1 aromatic rings. The highest BCUT2D eigenvalue weighted by Crippen LogP contribution is 2.18. The van der Waals surface area contributed by atoms with Gasteiger partial charge in [-0.3, -0.25) is 4.79 Å². The molecule has 0 spiro atoms. The SMILES string of the molecule is C[C@H](N)CN1CCCc2ccccc2C1=O. The van der Waals surface area contributed by atoms with Crippen molar-refractivity contribution in [3.05, 3.63) is 35.4 Å². The second-order valence-corrected chi connectivity index (χ2v) is 4.49. The first kappa shape index (κ1) is 11.1. The molecule has 3 nitrogen and oxygen atoms in total. The van der Waals surface area contributed by atoms with Crippen LogP contribution < -0.4 is 5.73 Å². The highest BCUT2D eigenvalue weighted by molar-refractivity contribution is 5.96. The quantitative estimate of drug-likeness (QED) is 0.816. The van der Waals surface area contributed by atoms with Gasteiger partial charge in [0.1, 0.15) is 0 Å². The third-order valence-corrected chi connectivity index (χ3v) is 2.92. The molecule has 86 valence electrons. The third kappa shape index (κ3) is 2.25. The molecule has 0 bridgehead atoms. The minimum absolute atomic E-state index is 0.0363. The summed E-state index contributed by atoms with van der Waals surface area (Å²) in [5.41, 5.74) is 7.78. The van der Waals surface area contributed by atoms with Crippen molar-refractivity contribution in [3.63, 3.8) is 0 Å². The Balaban J connectivity index is 2.26. The smallest absolute Gasteiger partial charge is 0.254 e. The van der Waals surface area contributed by atoms with Gasteiger partial charge in [0.15, 0.2) is 0 Å². The van der Waals surface area contributed by atoms with Gasteiger partial charge in [-0.25, -0.2) is 0 Å².